The predicted octanol–water partition coefficient (Wildman–Crippen LogP) is 4.15. The molecule has 6 nitrogen and oxygen atoms in total. The number of hydrogen-bond donors (Lipinski definition) is 1. The van der Waals surface area contributed by atoms with Crippen LogP contribution in [0.15, 0.2) is 43.0 Å². The number of aryl methyl sites for hydroxylation is 2. The lowest BCUT2D eigenvalue weighted by Gasteiger charge is -2.33. The lowest BCUT2D eigenvalue weighted by molar-refractivity contribution is 0.0703. The zero-order valence-corrected chi connectivity index (χ0v) is 17.1. The number of aromatic nitrogens is 4. The van der Waals surface area contributed by atoms with Gasteiger partial charge in [0.05, 0.1) is 17.5 Å². The zero-order valence-electron chi connectivity index (χ0n) is 17.1. The number of hydrogen-bond acceptors (Lipinski definition) is 4. The highest BCUT2D eigenvalue weighted by Gasteiger charge is 2.29. The van der Waals surface area contributed by atoms with Crippen LogP contribution in [-0.2, 0) is 6.42 Å². The molecule has 0 aliphatic carbocycles. The topological polar surface area (TPSA) is 74.8 Å². The van der Waals surface area contributed by atoms with Gasteiger partial charge in [-0.05, 0) is 31.7 Å². The highest BCUT2D eigenvalue weighted by atomic mass is 16.2. The van der Waals surface area contributed by atoms with E-state index in [1.807, 2.05) is 11.1 Å². The largest absolute Gasteiger partial charge is 0.338 e. The second kappa shape index (κ2) is 8.55. The van der Waals surface area contributed by atoms with E-state index in [1.165, 1.54) is 11.9 Å². The van der Waals surface area contributed by atoms with E-state index < -0.39 is 0 Å². The summed E-state index contributed by atoms with van der Waals surface area (Å²) in [5.74, 6) is 0.279. The number of rotatable bonds is 5. The van der Waals surface area contributed by atoms with Crippen LogP contribution in [0.1, 0.15) is 59.4 Å². The molecule has 0 radical (unpaired) electrons. The van der Waals surface area contributed by atoms with Gasteiger partial charge in [0.15, 0.2) is 0 Å². The minimum Gasteiger partial charge on any atom is -0.338 e. The molecule has 4 rings (SSSR count). The first-order valence-electron chi connectivity index (χ1n) is 10.4. The first-order valence-corrected chi connectivity index (χ1v) is 10.4. The molecule has 3 aromatic rings. The molecule has 1 N–H and O–H groups in total. The number of benzene rings is 1. The molecule has 0 saturated carbocycles. The van der Waals surface area contributed by atoms with E-state index in [9.17, 15) is 4.79 Å². The normalized spacial score (nSPS) is 16.8. The van der Waals surface area contributed by atoms with E-state index in [1.54, 1.807) is 6.20 Å². The van der Waals surface area contributed by atoms with Gasteiger partial charge < -0.3 is 4.90 Å². The van der Waals surface area contributed by atoms with Crippen molar-refractivity contribution in [2.24, 2.45) is 0 Å². The minimum atomic E-state index is 0.0372. The van der Waals surface area contributed by atoms with Crippen LogP contribution in [0.2, 0.25) is 0 Å². The second-order valence-electron chi connectivity index (χ2n) is 7.79. The molecule has 1 fully saturated rings. The summed E-state index contributed by atoms with van der Waals surface area (Å²) in [5.41, 5.74) is 6.11. The van der Waals surface area contributed by atoms with Crippen LogP contribution in [0.3, 0.4) is 0 Å². The number of carbonyl (C=O) groups is 1. The predicted molar refractivity (Wildman–Crippen MR) is 113 cm³/mol. The molecule has 0 bridgehead atoms. The van der Waals surface area contributed by atoms with Crippen molar-refractivity contribution in [3.8, 4) is 11.1 Å². The minimum absolute atomic E-state index is 0.0372. The van der Waals surface area contributed by atoms with Crippen molar-refractivity contribution in [1.29, 1.82) is 0 Å². The molecule has 3 heterocycles. The van der Waals surface area contributed by atoms with E-state index in [-0.39, 0.29) is 11.8 Å². The number of H-pyrrole nitrogens is 1. The summed E-state index contributed by atoms with van der Waals surface area (Å²) < 4.78 is 0. The molecule has 1 saturated heterocycles. The quantitative estimate of drug-likeness (QED) is 0.711. The Balaban J connectivity index is 1.56. The summed E-state index contributed by atoms with van der Waals surface area (Å²) in [6.07, 6.45) is 8.84. The molecule has 1 atom stereocenters. The average molecular weight is 390 g/mol. The number of nitrogens with one attached hydrogen (secondary N) is 1. The third-order valence-electron chi connectivity index (χ3n) is 5.66. The monoisotopic (exact) mass is 389 g/mol. The maximum absolute atomic E-state index is 13.2. The van der Waals surface area contributed by atoms with Gasteiger partial charge in [0.25, 0.3) is 5.91 Å². The van der Waals surface area contributed by atoms with Gasteiger partial charge in [0.1, 0.15) is 6.33 Å². The molecular formula is C23H27N5O. The molecule has 150 valence electrons. The third-order valence-corrected chi connectivity index (χ3v) is 5.66. The number of nitrogens with zero attached hydrogens (tertiary/aromatic N) is 4. The Bertz CT molecular complexity index is 979. The SMILES string of the molecule is CCCc1ncncc1C(=O)N1CCCC(c2[nH]ncc2-c2ccc(C)cc2)C1. The lowest BCUT2D eigenvalue weighted by Crippen LogP contribution is -2.39. The molecule has 1 aliphatic rings. The van der Waals surface area contributed by atoms with Crippen molar-refractivity contribution >= 4 is 5.91 Å². The van der Waals surface area contributed by atoms with Gasteiger partial charge in [-0.2, -0.15) is 5.10 Å². The van der Waals surface area contributed by atoms with Crippen molar-refractivity contribution in [1.82, 2.24) is 25.1 Å². The van der Waals surface area contributed by atoms with E-state index in [0.717, 1.165) is 54.7 Å². The van der Waals surface area contributed by atoms with Crippen molar-refractivity contribution in [2.45, 2.75) is 45.4 Å². The van der Waals surface area contributed by atoms with E-state index in [4.69, 9.17) is 0 Å². The molecule has 29 heavy (non-hydrogen) atoms. The average Bonchev–Trinajstić information content (AvgIpc) is 3.24. The maximum Gasteiger partial charge on any atom is 0.257 e. The van der Waals surface area contributed by atoms with E-state index in [0.29, 0.717) is 12.1 Å². The van der Waals surface area contributed by atoms with Gasteiger partial charge in [0, 0.05) is 36.5 Å². The Hall–Kier alpha value is -3.02. The first-order chi connectivity index (χ1) is 14.2. The highest BCUT2D eigenvalue weighted by Crippen LogP contribution is 2.33. The van der Waals surface area contributed by atoms with Crippen molar-refractivity contribution < 1.29 is 4.79 Å². The Labute approximate surface area is 171 Å². The summed E-state index contributed by atoms with van der Waals surface area (Å²) >= 11 is 0. The molecule has 1 aliphatic heterocycles. The fourth-order valence-corrected chi connectivity index (χ4v) is 4.11. The first kappa shape index (κ1) is 19.3. The lowest BCUT2D eigenvalue weighted by atomic mass is 9.90. The van der Waals surface area contributed by atoms with Crippen LogP contribution >= 0.6 is 0 Å². The fourth-order valence-electron chi connectivity index (χ4n) is 4.11. The molecular weight excluding hydrogens is 362 g/mol. The van der Waals surface area contributed by atoms with Crippen LogP contribution in [0, 0.1) is 6.92 Å². The van der Waals surface area contributed by atoms with Gasteiger partial charge in [-0.25, -0.2) is 9.97 Å². The van der Waals surface area contributed by atoms with Gasteiger partial charge in [-0.15, -0.1) is 0 Å². The standard InChI is InChI=1S/C23H27N5O/c1-3-5-21-20(12-24-15-25-21)23(29)28-11-4-6-18(14-28)22-19(13-26-27-22)17-9-7-16(2)8-10-17/h7-10,12-13,15,18H,3-6,11,14H2,1-2H3,(H,26,27). The summed E-state index contributed by atoms with van der Waals surface area (Å²) in [6.45, 7) is 5.63. The smallest absolute Gasteiger partial charge is 0.257 e. The van der Waals surface area contributed by atoms with Crippen LogP contribution in [0.5, 0.6) is 0 Å². The second-order valence-corrected chi connectivity index (χ2v) is 7.79. The highest BCUT2D eigenvalue weighted by molar-refractivity contribution is 5.95. The Morgan fingerprint density at radius 2 is 2.07 bits per heavy atom. The summed E-state index contributed by atoms with van der Waals surface area (Å²) in [4.78, 5) is 23.6. The number of aromatic amines is 1. The number of carbonyl (C=O) groups excluding carboxylic acids is 1. The maximum atomic E-state index is 13.2. The Kier molecular flexibility index (Phi) is 5.69. The number of piperidine rings is 1. The molecule has 1 amide bonds. The van der Waals surface area contributed by atoms with Crippen LogP contribution in [0.25, 0.3) is 11.1 Å². The molecule has 1 aromatic carbocycles. The fraction of sp³-hybridized carbons (Fsp3) is 0.391. The Morgan fingerprint density at radius 1 is 1.24 bits per heavy atom. The van der Waals surface area contributed by atoms with Gasteiger partial charge in [-0.3, -0.25) is 9.89 Å². The molecule has 0 spiro atoms. The van der Waals surface area contributed by atoms with Gasteiger partial charge >= 0.3 is 0 Å². The van der Waals surface area contributed by atoms with Crippen LogP contribution in [-0.4, -0.2) is 44.1 Å². The van der Waals surface area contributed by atoms with Gasteiger partial charge in [0.2, 0.25) is 0 Å². The summed E-state index contributed by atoms with van der Waals surface area (Å²) in [7, 11) is 0. The Morgan fingerprint density at radius 3 is 2.86 bits per heavy atom. The summed E-state index contributed by atoms with van der Waals surface area (Å²) in [5, 5.41) is 7.52. The number of likely N-dealkylation sites (tertiary alicyclic amines) is 1. The van der Waals surface area contributed by atoms with Crippen molar-refractivity contribution in [3.05, 3.63) is 65.5 Å². The van der Waals surface area contributed by atoms with E-state index in [2.05, 4.69) is 58.3 Å². The van der Waals surface area contributed by atoms with E-state index >= 15 is 0 Å². The third kappa shape index (κ3) is 4.06. The molecule has 6 heteroatoms. The van der Waals surface area contributed by atoms with Crippen LogP contribution in [0.4, 0.5) is 0 Å². The summed E-state index contributed by atoms with van der Waals surface area (Å²) in [6, 6.07) is 8.50. The molecule has 1 unspecified atom stereocenters. The van der Waals surface area contributed by atoms with Crippen LogP contribution < -0.4 is 0 Å². The molecule has 2 aromatic heterocycles. The van der Waals surface area contributed by atoms with Crippen molar-refractivity contribution in [2.75, 3.05) is 13.1 Å². The van der Waals surface area contributed by atoms with Gasteiger partial charge in [-0.1, -0.05) is 43.2 Å². The number of amides is 1. The zero-order chi connectivity index (χ0) is 20.2. The van der Waals surface area contributed by atoms with Crippen molar-refractivity contribution in [3.63, 3.8) is 0 Å².